The number of amides is 2. The standard InChI is InChI=1S/C30H28Cl2N4O3/c1-18-6-4-7-19(14-18)17-33-30(39)36-26(20-8-2-3-9-20)16-25(35-36)22-15-21(12-13-27(22)37)34-29(38)28-23(31)10-5-11-24(28)32/h4-7,10-16,20,37H,2-3,8-9,17H2,1H3,(H,33,39)(H,34,38). The molecule has 0 aliphatic heterocycles. The van der Waals surface area contributed by atoms with Crippen molar-refractivity contribution in [1.29, 1.82) is 0 Å². The number of halogens is 2. The lowest BCUT2D eigenvalue weighted by atomic mass is 10.0. The van der Waals surface area contributed by atoms with Gasteiger partial charge in [0.2, 0.25) is 0 Å². The maximum Gasteiger partial charge on any atom is 0.342 e. The number of carbonyl (C=O) groups excluding carboxylic acids is 2. The lowest BCUT2D eigenvalue weighted by Crippen LogP contribution is -2.30. The fraction of sp³-hybridized carbons (Fsp3) is 0.233. The van der Waals surface area contributed by atoms with Gasteiger partial charge >= 0.3 is 6.03 Å². The molecule has 9 heteroatoms. The van der Waals surface area contributed by atoms with Gasteiger partial charge in [0.15, 0.2) is 0 Å². The van der Waals surface area contributed by atoms with Gasteiger partial charge in [0.25, 0.3) is 5.91 Å². The Kier molecular flexibility index (Phi) is 7.91. The zero-order valence-corrected chi connectivity index (χ0v) is 22.9. The highest BCUT2D eigenvalue weighted by molar-refractivity contribution is 6.40. The number of hydrogen-bond acceptors (Lipinski definition) is 4. The molecule has 3 N–H and O–H groups in total. The molecule has 1 heterocycles. The Bertz CT molecular complexity index is 1520. The lowest BCUT2D eigenvalue weighted by Gasteiger charge is -2.12. The van der Waals surface area contributed by atoms with E-state index in [2.05, 4.69) is 15.7 Å². The average molecular weight is 563 g/mol. The highest BCUT2D eigenvalue weighted by atomic mass is 35.5. The van der Waals surface area contributed by atoms with Crippen LogP contribution in [0.15, 0.2) is 66.7 Å². The summed E-state index contributed by atoms with van der Waals surface area (Å²) in [5.74, 6) is -0.301. The van der Waals surface area contributed by atoms with E-state index in [4.69, 9.17) is 23.2 Å². The second kappa shape index (κ2) is 11.5. The summed E-state index contributed by atoms with van der Waals surface area (Å²) in [6, 6.07) is 19.0. The van der Waals surface area contributed by atoms with E-state index in [1.165, 1.54) is 10.7 Å². The summed E-state index contributed by atoms with van der Waals surface area (Å²) in [6.07, 6.45) is 4.12. The number of aryl methyl sites for hydroxylation is 1. The molecule has 4 aromatic rings. The van der Waals surface area contributed by atoms with Gasteiger partial charge in [0.05, 0.1) is 27.0 Å². The largest absolute Gasteiger partial charge is 0.507 e. The van der Waals surface area contributed by atoms with Crippen molar-refractivity contribution >= 4 is 40.8 Å². The van der Waals surface area contributed by atoms with Gasteiger partial charge in [-0.15, -0.1) is 0 Å². The topological polar surface area (TPSA) is 96.3 Å². The molecule has 0 bridgehead atoms. The average Bonchev–Trinajstić information content (AvgIpc) is 3.59. The van der Waals surface area contributed by atoms with Crippen LogP contribution in [0.25, 0.3) is 11.3 Å². The van der Waals surface area contributed by atoms with Crippen LogP contribution in [0, 0.1) is 6.92 Å². The summed E-state index contributed by atoms with van der Waals surface area (Å²) in [7, 11) is 0. The molecular formula is C30H28Cl2N4O3. The first-order valence-electron chi connectivity index (χ1n) is 12.8. The second-order valence-electron chi connectivity index (χ2n) is 9.78. The van der Waals surface area contributed by atoms with E-state index in [0.29, 0.717) is 23.5 Å². The van der Waals surface area contributed by atoms with Crippen molar-refractivity contribution in [3.05, 3.63) is 99.2 Å². The van der Waals surface area contributed by atoms with E-state index in [9.17, 15) is 14.7 Å². The van der Waals surface area contributed by atoms with Crippen LogP contribution in [-0.4, -0.2) is 26.8 Å². The normalized spacial score (nSPS) is 13.4. The molecule has 2 amide bonds. The number of nitrogens with one attached hydrogen (secondary N) is 2. The maximum absolute atomic E-state index is 13.3. The first-order valence-corrected chi connectivity index (χ1v) is 13.6. The van der Waals surface area contributed by atoms with E-state index in [0.717, 1.165) is 42.5 Å². The molecule has 0 saturated heterocycles. The molecule has 39 heavy (non-hydrogen) atoms. The van der Waals surface area contributed by atoms with E-state index >= 15 is 0 Å². The zero-order valence-electron chi connectivity index (χ0n) is 21.4. The lowest BCUT2D eigenvalue weighted by molar-refractivity contribution is 0.102. The van der Waals surface area contributed by atoms with Gasteiger partial charge in [-0.2, -0.15) is 9.78 Å². The van der Waals surface area contributed by atoms with Gasteiger partial charge in [0.1, 0.15) is 5.75 Å². The summed E-state index contributed by atoms with van der Waals surface area (Å²) in [6.45, 7) is 2.38. The minimum Gasteiger partial charge on any atom is -0.507 e. The minimum atomic E-state index is -0.477. The number of phenols is 1. The predicted octanol–water partition coefficient (Wildman–Crippen LogP) is 7.54. The molecule has 0 radical (unpaired) electrons. The van der Waals surface area contributed by atoms with Crippen LogP contribution in [0.2, 0.25) is 10.0 Å². The van der Waals surface area contributed by atoms with Gasteiger partial charge in [-0.3, -0.25) is 4.79 Å². The fourth-order valence-corrected chi connectivity index (χ4v) is 5.57. The van der Waals surface area contributed by atoms with Crippen molar-refractivity contribution in [3.8, 4) is 17.0 Å². The minimum absolute atomic E-state index is 0.0217. The smallest absolute Gasteiger partial charge is 0.342 e. The van der Waals surface area contributed by atoms with Crippen LogP contribution < -0.4 is 10.6 Å². The van der Waals surface area contributed by atoms with E-state index < -0.39 is 5.91 Å². The van der Waals surface area contributed by atoms with Gasteiger partial charge in [0, 0.05) is 23.7 Å². The first kappa shape index (κ1) is 26.8. The molecule has 1 saturated carbocycles. The van der Waals surface area contributed by atoms with Gasteiger partial charge < -0.3 is 15.7 Å². The summed E-state index contributed by atoms with van der Waals surface area (Å²) in [4.78, 5) is 26.2. The summed E-state index contributed by atoms with van der Waals surface area (Å²) < 4.78 is 1.41. The van der Waals surface area contributed by atoms with Crippen molar-refractivity contribution in [3.63, 3.8) is 0 Å². The Hall–Kier alpha value is -3.81. The number of carbonyl (C=O) groups is 2. The number of benzene rings is 3. The monoisotopic (exact) mass is 562 g/mol. The van der Waals surface area contributed by atoms with Gasteiger partial charge in [-0.05, 0) is 61.7 Å². The third kappa shape index (κ3) is 5.95. The third-order valence-corrected chi connectivity index (χ3v) is 7.58. The molecule has 1 aliphatic carbocycles. The zero-order chi connectivity index (χ0) is 27.5. The van der Waals surface area contributed by atoms with Crippen LogP contribution in [-0.2, 0) is 6.54 Å². The molecule has 200 valence electrons. The fourth-order valence-electron chi connectivity index (χ4n) is 5.00. The quantitative estimate of drug-likeness (QED) is 0.211. The number of phenolic OH excluding ortho intramolecular Hbond substituents is 1. The highest BCUT2D eigenvalue weighted by Crippen LogP contribution is 2.38. The Morgan fingerprint density at radius 3 is 2.44 bits per heavy atom. The predicted molar refractivity (Wildman–Crippen MR) is 154 cm³/mol. The SMILES string of the molecule is Cc1cccc(CNC(=O)n2nc(-c3cc(NC(=O)c4c(Cl)cccc4Cl)ccc3O)cc2C2CCCC2)c1. The van der Waals surface area contributed by atoms with Crippen LogP contribution in [0.5, 0.6) is 5.75 Å². The molecule has 5 rings (SSSR count). The van der Waals surface area contributed by atoms with E-state index in [1.807, 2.05) is 37.3 Å². The number of hydrogen-bond donors (Lipinski definition) is 3. The summed E-state index contributed by atoms with van der Waals surface area (Å²) >= 11 is 12.4. The van der Waals surface area contributed by atoms with Crippen LogP contribution in [0.1, 0.15) is 58.8 Å². The van der Waals surface area contributed by atoms with Gasteiger partial charge in [-0.25, -0.2) is 4.79 Å². The second-order valence-corrected chi connectivity index (χ2v) is 10.6. The number of aromatic hydroxyl groups is 1. The number of rotatable bonds is 6. The molecule has 0 atom stereocenters. The molecular weight excluding hydrogens is 535 g/mol. The van der Waals surface area contributed by atoms with Crippen LogP contribution >= 0.6 is 23.2 Å². The van der Waals surface area contributed by atoms with Crippen molar-refractivity contribution in [2.45, 2.75) is 45.1 Å². The van der Waals surface area contributed by atoms with Crippen molar-refractivity contribution in [2.24, 2.45) is 0 Å². The first-order chi connectivity index (χ1) is 18.8. The Labute approximate surface area is 236 Å². The van der Waals surface area contributed by atoms with E-state index in [1.54, 1.807) is 30.3 Å². The Balaban J connectivity index is 1.43. The van der Waals surface area contributed by atoms with Gasteiger partial charge in [-0.1, -0.05) is 71.9 Å². The highest BCUT2D eigenvalue weighted by Gasteiger charge is 2.26. The molecule has 0 unspecified atom stereocenters. The van der Waals surface area contributed by atoms with Crippen molar-refractivity contribution in [2.75, 3.05) is 5.32 Å². The Morgan fingerprint density at radius 1 is 1.00 bits per heavy atom. The number of anilines is 1. The third-order valence-electron chi connectivity index (χ3n) is 6.95. The van der Waals surface area contributed by atoms with Crippen molar-refractivity contribution in [1.82, 2.24) is 15.1 Å². The Morgan fingerprint density at radius 2 is 1.72 bits per heavy atom. The van der Waals surface area contributed by atoms with Crippen LogP contribution in [0.3, 0.4) is 0 Å². The molecule has 3 aromatic carbocycles. The van der Waals surface area contributed by atoms with Crippen molar-refractivity contribution < 1.29 is 14.7 Å². The number of nitrogens with zero attached hydrogens (tertiary/aromatic N) is 2. The molecule has 1 aromatic heterocycles. The number of aromatic nitrogens is 2. The van der Waals surface area contributed by atoms with E-state index in [-0.39, 0.29) is 33.3 Å². The molecule has 7 nitrogen and oxygen atoms in total. The maximum atomic E-state index is 13.3. The summed E-state index contributed by atoms with van der Waals surface area (Å²) in [5.41, 5.74) is 4.33. The molecule has 1 aliphatic rings. The molecule has 1 fully saturated rings. The molecule has 0 spiro atoms. The summed E-state index contributed by atoms with van der Waals surface area (Å²) in [5, 5.41) is 21.5. The van der Waals surface area contributed by atoms with Crippen LogP contribution in [0.4, 0.5) is 10.5 Å².